The molecule has 1 aromatic rings. The van der Waals surface area contributed by atoms with Crippen LogP contribution in [0.5, 0.6) is 5.75 Å². The minimum Gasteiger partial charge on any atom is -0.464 e. The molecule has 3 heteroatoms. The Morgan fingerprint density at radius 1 is 1.46 bits per heavy atom. The average molecular weight is 201 g/mol. The lowest BCUT2D eigenvalue weighted by atomic mass is 10.3. The van der Waals surface area contributed by atoms with Crippen LogP contribution in [0.3, 0.4) is 0 Å². The van der Waals surface area contributed by atoms with Gasteiger partial charge in [0.1, 0.15) is 5.75 Å². The molecule has 1 aromatic carbocycles. The summed E-state index contributed by atoms with van der Waals surface area (Å²) in [5.41, 5.74) is 0. The molecule has 1 unspecified atom stereocenters. The third kappa shape index (κ3) is 3.25. The van der Waals surface area contributed by atoms with E-state index < -0.39 is 6.29 Å². The van der Waals surface area contributed by atoms with Crippen molar-refractivity contribution in [2.75, 3.05) is 0 Å². The lowest BCUT2D eigenvalue weighted by molar-refractivity contribution is -0.0232. The maximum atomic E-state index is 9.35. The van der Waals surface area contributed by atoms with Crippen molar-refractivity contribution in [2.45, 2.75) is 26.1 Å². The second-order valence-electron chi connectivity index (χ2n) is 2.79. The Bertz CT molecular complexity index is 263. The Labute approximate surface area is 83.1 Å². The number of para-hydroxylation sites is 1. The molecule has 13 heavy (non-hydrogen) atoms. The van der Waals surface area contributed by atoms with Crippen molar-refractivity contribution in [2.24, 2.45) is 0 Å². The zero-order valence-corrected chi connectivity index (χ0v) is 8.29. The number of hydrogen-bond donors (Lipinski definition) is 1. The highest BCUT2D eigenvalue weighted by molar-refractivity contribution is 6.32. The number of benzene rings is 1. The van der Waals surface area contributed by atoms with Gasteiger partial charge in [0.15, 0.2) is 6.29 Å². The van der Waals surface area contributed by atoms with Gasteiger partial charge in [-0.05, 0) is 12.1 Å². The summed E-state index contributed by atoms with van der Waals surface area (Å²) in [5.74, 6) is 0.533. The first-order chi connectivity index (χ1) is 6.24. The first-order valence-corrected chi connectivity index (χ1v) is 4.71. The molecule has 0 saturated carbocycles. The molecule has 0 fully saturated rings. The highest BCUT2D eigenvalue weighted by atomic mass is 35.5. The van der Waals surface area contributed by atoms with Gasteiger partial charge in [-0.15, -0.1) is 0 Å². The zero-order chi connectivity index (χ0) is 9.68. The van der Waals surface area contributed by atoms with E-state index in [4.69, 9.17) is 16.3 Å². The van der Waals surface area contributed by atoms with Gasteiger partial charge in [-0.2, -0.15) is 0 Å². The van der Waals surface area contributed by atoms with E-state index in [0.29, 0.717) is 17.2 Å². The minimum absolute atomic E-state index is 0.526. The zero-order valence-electron chi connectivity index (χ0n) is 7.53. The minimum atomic E-state index is -0.759. The monoisotopic (exact) mass is 200 g/mol. The van der Waals surface area contributed by atoms with Crippen molar-refractivity contribution in [3.63, 3.8) is 0 Å². The quantitative estimate of drug-likeness (QED) is 0.758. The van der Waals surface area contributed by atoms with Crippen LogP contribution in [0, 0.1) is 0 Å². The Balaban J connectivity index is 2.58. The lowest BCUT2D eigenvalue weighted by Crippen LogP contribution is -2.14. The molecule has 0 aliphatic heterocycles. The van der Waals surface area contributed by atoms with Crippen LogP contribution in [0.15, 0.2) is 24.3 Å². The molecule has 2 nitrogen and oxygen atoms in total. The Kier molecular flexibility index (Phi) is 4.06. The van der Waals surface area contributed by atoms with Gasteiger partial charge >= 0.3 is 0 Å². The van der Waals surface area contributed by atoms with Gasteiger partial charge in [0, 0.05) is 6.42 Å². The molecule has 0 amide bonds. The molecule has 0 spiro atoms. The van der Waals surface area contributed by atoms with Gasteiger partial charge in [-0.25, -0.2) is 0 Å². The average Bonchev–Trinajstić information content (AvgIpc) is 2.09. The molecule has 0 aliphatic rings. The summed E-state index contributed by atoms with van der Waals surface area (Å²) in [5, 5.41) is 9.87. The van der Waals surface area contributed by atoms with E-state index in [2.05, 4.69) is 0 Å². The number of aliphatic hydroxyl groups is 1. The highest BCUT2D eigenvalue weighted by Crippen LogP contribution is 2.24. The van der Waals surface area contributed by atoms with Crippen LogP contribution < -0.4 is 4.74 Å². The summed E-state index contributed by atoms with van der Waals surface area (Å²) >= 11 is 5.83. The number of ether oxygens (including phenoxy) is 1. The summed E-state index contributed by atoms with van der Waals surface area (Å²) in [6.45, 7) is 1.99. The van der Waals surface area contributed by atoms with Crippen LogP contribution in [-0.4, -0.2) is 11.4 Å². The van der Waals surface area contributed by atoms with E-state index in [0.717, 1.165) is 6.42 Å². The number of halogens is 1. The summed E-state index contributed by atoms with van der Waals surface area (Å²) in [4.78, 5) is 0. The first kappa shape index (κ1) is 10.4. The van der Waals surface area contributed by atoms with Crippen molar-refractivity contribution in [1.82, 2.24) is 0 Å². The van der Waals surface area contributed by atoms with Gasteiger partial charge < -0.3 is 9.84 Å². The maximum absolute atomic E-state index is 9.35. The van der Waals surface area contributed by atoms with Gasteiger partial charge in [-0.3, -0.25) is 0 Å². The second kappa shape index (κ2) is 5.10. The summed E-state index contributed by atoms with van der Waals surface area (Å²) in [6.07, 6.45) is 0.738. The van der Waals surface area contributed by atoms with Crippen LogP contribution in [-0.2, 0) is 0 Å². The van der Waals surface area contributed by atoms with Crippen LogP contribution in [0.2, 0.25) is 5.02 Å². The van der Waals surface area contributed by atoms with E-state index in [1.807, 2.05) is 19.1 Å². The summed E-state index contributed by atoms with van der Waals surface area (Å²) < 4.78 is 5.21. The molecule has 0 saturated heterocycles. The van der Waals surface area contributed by atoms with Crippen LogP contribution >= 0.6 is 11.6 Å². The fourth-order valence-corrected chi connectivity index (χ4v) is 1.17. The van der Waals surface area contributed by atoms with Crippen molar-refractivity contribution >= 4 is 11.6 Å². The molecular formula is C10H13ClO2. The van der Waals surface area contributed by atoms with Crippen molar-refractivity contribution in [3.05, 3.63) is 29.3 Å². The normalized spacial score (nSPS) is 12.5. The fourth-order valence-electron chi connectivity index (χ4n) is 0.993. The van der Waals surface area contributed by atoms with Crippen LogP contribution in [0.4, 0.5) is 0 Å². The third-order valence-electron chi connectivity index (χ3n) is 1.64. The smallest absolute Gasteiger partial charge is 0.197 e. The largest absolute Gasteiger partial charge is 0.464 e. The van der Waals surface area contributed by atoms with E-state index in [1.54, 1.807) is 12.1 Å². The van der Waals surface area contributed by atoms with Crippen molar-refractivity contribution < 1.29 is 9.84 Å². The van der Waals surface area contributed by atoms with Gasteiger partial charge in [0.2, 0.25) is 0 Å². The third-order valence-corrected chi connectivity index (χ3v) is 1.95. The molecule has 0 aromatic heterocycles. The van der Waals surface area contributed by atoms with E-state index in [1.165, 1.54) is 0 Å². The Hall–Kier alpha value is -0.730. The molecule has 72 valence electrons. The number of aliphatic hydroxyl groups excluding tert-OH is 1. The standard InChI is InChI=1S/C10H13ClO2/c1-2-5-10(12)13-9-7-4-3-6-8(9)11/h3-4,6-7,10,12H,2,5H2,1H3. The summed E-state index contributed by atoms with van der Waals surface area (Å²) in [7, 11) is 0. The van der Waals surface area contributed by atoms with Crippen LogP contribution in [0.25, 0.3) is 0 Å². The van der Waals surface area contributed by atoms with E-state index in [-0.39, 0.29) is 0 Å². The lowest BCUT2D eigenvalue weighted by Gasteiger charge is -2.13. The Morgan fingerprint density at radius 2 is 2.15 bits per heavy atom. The van der Waals surface area contributed by atoms with Crippen molar-refractivity contribution in [1.29, 1.82) is 0 Å². The molecule has 0 bridgehead atoms. The molecule has 0 radical (unpaired) electrons. The molecule has 1 atom stereocenters. The topological polar surface area (TPSA) is 29.5 Å². The first-order valence-electron chi connectivity index (χ1n) is 4.33. The van der Waals surface area contributed by atoms with Crippen LogP contribution in [0.1, 0.15) is 19.8 Å². The highest BCUT2D eigenvalue weighted by Gasteiger charge is 2.06. The molecule has 0 heterocycles. The van der Waals surface area contributed by atoms with Gasteiger partial charge in [-0.1, -0.05) is 37.1 Å². The fraction of sp³-hybridized carbons (Fsp3) is 0.400. The van der Waals surface area contributed by atoms with Gasteiger partial charge in [0.05, 0.1) is 5.02 Å². The predicted molar refractivity (Wildman–Crippen MR) is 53.0 cm³/mol. The predicted octanol–water partition coefficient (Wildman–Crippen LogP) is 2.84. The molecule has 0 aliphatic carbocycles. The van der Waals surface area contributed by atoms with Gasteiger partial charge in [0.25, 0.3) is 0 Å². The molecule has 1 N–H and O–H groups in total. The number of hydrogen-bond acceptors (Lipinski definition) is 2. The van der Waals surface area contributed by atoms with E-state index >= 15 is 0 Å². The second-order valence-corrected chi connectivity index (χ2v) is 3.20. The van der Waals surface area contributed by atoms with E-state index in [9.17, 15) is 5.11 Å². The summed E-state index contributed by atoms with van der Waals surface area (Å²) in [6, 6.07) is 7.11. The van der Waals surface area contributed by atoms with Crippen molar-refractivity contribution in [3.8, 4) is 5.75 Å². The number of rotatable bonds is 4. The maximum Gasteiger partial charge on any atom is 0.197 e. The SMILES string of the molecule is CCCC(O)Oc1ccccc1Cl. The molecule has 1 rings (SSSR count). The Morgan fingerprint density at radius 3 is 2.77 bits per heavy atom. The molecular weight excluding hydrogens is 188 g/mol.